The van der Waals surface area contributed by atoms with Crippen LogP contribution in [0.5, 0.6) is 0 Å². The molecule has 2 aromatic rings. The van der Waals surface area contributed by atoms with Crippen molar-refractivity contribution in [1.82, 2.24) is 4.90 Å². The zero-order chi connectivity index (χ0) is 26.1. The number of amides is 2. The molecule has 2 aromatic carbocycles. The lowest BCUT2D eigenvalue weighted by Crippen LogP contribution is -2.45. The number of carbonyl (C=O) groups excluding carboxylic acids is 2. The van der Waals surface area contributed by atoms with E-state index in [1.54, 1.807) is 20.8 Å². The van der Waals surface area contributed by atoms with Crippen molar-refractivity contribution in [2.24, 2.45) is 5.73 Å². The molecule has 8 nitrogen and oxygen atoms in total. The van der Waals surface area contributed by atoms with Gasteiger partial charge < -0.3 is 15.8 Å². The fourth-order valence-electron chi connectivity index (χ4n) is 3.61. The summed E-state index contributed by atoms with van der Waals surface area (Å²) in [5.41, 5.74) is 4.22. The number of rotatable bonds is 5. The van der Waals surface area contributed by atoms with E-state index in [0.717, 1.165) is 4.90 Å². The average Bonchev–Trinajstić information content (AvgIpc) is 3.16. The Bertz CT molecular complexity index is 1250. The van der Waals surface area contributed by atoms with Gasteiger partial charge >= 0.3 is 6.09 Å². The normalized spacial score (nSPS) is 18.4. The summed E-state index contributed by atoms with van der Waals surface area (Å²) in [7, 11) is -3.79. The van der Waals surface area contributed by atoms with Crippen LogP contribution in [0, 0.1) is 5.82 Å². The fraction of sp³-hybridized carbons (Fsp3) is 0.391. The highest BCUT2D eigenvalue weighted by molar-refractivity contribution is 7.91. The number of halogens is 3. The van der Waals surface area contributed by atoms with Crippen LogP contribution in [0.4, 0.5) is 19.3 Å². The first-order valence-corrected chi connectivity index (χ1v) is 12.7. The molecule has 1 aliphatic heterocycles. The molecule has 0 aliphatic carbocycles. The van der Waals surface area contributed by atoms with E-state index in [1.165, 1.54) is 36.4 Å². The summed E-state index contributed by atoms with van der Waals surface area (Å²) >= 11 is 6.20. The molecule has 1 fully saturated rings. The number of benzene rings is 2. The Labute approximate surface area is 207 Å². The van der Waals surface area contributed by atoms with E-state index in [1.807, 2.05) is 0 Å². The van der Waals surface area contributed by atoms with E-state index in [4.69, 9.17) is 22.1 Å². The van der Waals surface area contributed by atoms with Crippen molar-refractivity contribution in [3.63, 3.8) is 0 Å². The van der Waals surface area contributed by atoms with Crippen LogP contribution >= 0.6 is 11.6 Å². The minimum absolute atomic E-state index is 0.0688. The maximum atomic E-state index is 15.4. The first-order chi connectivity index (χ1) is 16.2. The molecule has 0 saturated carbocycles. The van der Waals surface area contributed by atoms with Crippen LogP contribution in [-0.2, 0) is 19.4 Å². The number of sulfone groups is 1. The molecule has 0 unspecified atom stereocenters. The Morgan fingerprint density at radius 2 is 1.91 bits per heavy atom. The molecule has 0 radical (unpaired) electrons. The van der Waals surface area contributed by atoms with Crippen molar-refractivity contribution in [3.8, 4) is 11.1 Å². The fourth-order valence-corrected chi connectivity index (χ4v) is 4.59. The molecule has 3 rings (SSSR count). The van der Waals surface area contributed by atoms with Gasteiger partial charge in [0.05, 0.1) is 17.1 Å². The second-order valence-electron chi connectivity index (χ2n) is 9.06. The lowest BCUT2D eigenvalue weighted by Gasteiger charge is -2.27. The van der Waals surface area contributed by atoms with Crippen LogP contribution in [-0.4, -0.2) is 55.6 Å². The minimum atomic E-state index is -3.79. The second kappa shape index (κ2) is 10.1. The van der Waals surface area contributed by atoms with Gasteiger partial charge in [-0.1, -0.05) is 23.7 Å². The standard InChI is InChI=1S/C23H26ClF2N3O5S/c1-23(2,3)34-22(31)29-11-13(25)9-19(29)21(30)28-18-6-4-5-15(20(18)26)16-10-14(7-8-17(16)24)35(32,33)12-27/h4-8,10,13,19H,9,11-12,27H2,1-3H3,(H,28,30)/t13-,19+/m1/s1. The van der Waals surface area contributed by atoms with Gasteiger partial charge in [0.2, 0.25) is 5.91 Å². The number of nitrogens with one attached hydrogen (secondary N) is 1. The quantitative estimate of drug-likeness (QED) is 0.601. The lowest BCUT2D eigenvalue weighted by atomic mass is 10.0. The van der Waals surface area contributed by atoms with E-state index in [2.05, 4.69) is 5.32 Å². The van der Waals surface area contributed by atoms with Gasteiger partial charge in [0.25, 0.3) is 0 Å². The second-order valence-corrected chi connectivity index (χ2v) is 11.5. The third-order valence-corrected chi connectivity index (χ3v) is 6.98. The van der Waals surface area contributed by atoms with Gasteiger partial charge in [-0.05, 0) is 45.0 Å². The van der Waals surface area contributed by atoms with Gasteiger partial charge in [-0.25, -0.2) is 22.0 Å². The topological polar surface area (TPSA) is 119 Å². The smallest absolute Gasteiger partial charge is 0.411 e. The van der Waals surface area contributed by atoms with E-state index in [9.17, 15) is 22.4 Å². The number of nitrogens with two attached hydrogens (primary N) is 1. The Hall–Kier alpha value is -2.76. The maximum absolute atomic E-state index is 15.4. The number of anilines is 1. The summed E-state index contributed by atoms with van der Waals surface area (Å²) in [6.45, 7) is 4.60. The SMILES string of the molecule is CC(C)(C)OC(=O)N1C[C@H](F)C[C@H]1C(=O)Nc1cccc(-c2cc(S(=O)(=O)CN)ccc2Cl)c1F. The maximum Gasteiger partial charge on any atom is 0.411 e. The van der Waals surface area contributed by atoms with Crippen LogP contribution in [0.2, 0.25) is 5.02 Å². The monoisotopic (exact) mass is 529 g/mol. The van der Waals surface area contributed by atoms with E-state index in [-0.39, 0.29) is 39.7 Å². The predicted molar refractivity (Wildman–Crippen MR) is 128 cm³/mol. The minimum Gasteiger partial charge on any atom is -0.444 e. The summed E-state index contributed by atoms with van der Waals surface area (Å²) in [5, 5.41) is 2.47. The summed E-state index contributed by atoms with van der Waals surface area (Å²) in [4.78, 5) is 26.2. The van der Waals surface area contributed by atoms with Gasteiger partial charge in [0, 0.05) is 22.6 Å². The molecule has 0 spiro atoms. The molecule has 0 aromatic heterocycles. The summed E-state index contributed by atoms with van der Waals surface area (Å²) < 4.78 is 59.1. The van der Waals surface area contributed by atoms with Gasteiger partial charge in [-0.15, -0.1) is 0 Å². The number of hydrogen-bond donors (Lipinski definition) is 2. The Balaban J connectivity index is 1.90. The average molecular weight is 530 g/mol. The summed E-state index contributed by atoms with van der Waals surface area (Å²) in [5.74, 6) is -2.32. The molecule has 1 aliphatic rings. The molecule has 1 saturated heterocycles. The number of alkyl halides is 1. The van der Waals surface area contributed by atoms with Crippen molar-refractivity contribution >= 4 is 39.1 Å². The van der Waals surface area contributed by atoms with Crippen molar-refractivity contribution in [1.29, 1.82) is 0 Å². The molecule has 35 heavy (non-hydrogen) atoms. The van der Waals surface area contributed by atoms with Gasteiger partial charge in [-0.2, -0.15) is 0 Å². The van der Waals surface area contributed by atoms with Crippen molar-refractivity contribution < 1.29 is 31.5 Å². The zero-order valence-electron chi connectivity index (χ0n) is 19.3. The highest BCUT2D eigenvalue weighted by atomic mass is 35.5. The van der Waals surface area contributed by atoms with Crippen LogP contribution in [0.25, 0.3) is 11.1 Å². The lowest BCUT2D eigenvalue weighted by molar-refractivity contribution is -0.120. The molecule has 12 heteroatoms. The van der Waals surface area contributed by atoms with Crippen LogP contribution < -0.4 is 11.1 Å². The molecule has 190 valence electrons. The number of carbonyl (C=O) groups is 2. The summed E-state index contributed by atoms with van der Waals surface area (Å²) in [6, 6.07) is 6.65. The van der Waals surface area contributed by atoms with Gasteiger partial charge in [0.15, 0.2) is 15.7 Å². The molecular formula is C23H26ClF2N3O5S. The molecule has 0 bridgehead atoms. The van der Waals surface area contributed by atoms with Crippen molar-refractivity contribution in [3.05, 3.63) is 47.2 Å². The number of ether oxygens (including phenoxy) is 1. The van der Waals surface area contributed by atoms with Crippen molar-refractivity contribution in [2.75, 3.05) is 17.7 Å². The zero-order valence-corrected chi connectivity index (χ0v) is 20.9. The molecule has 1 heterocycles. The van der Waals surface area contributed by atoms with Gasteiger partial charge in [0.1, 0.15) is 23.7 Å². The Morgan fingerprint density at radius 1 is 1.23 bits per heavy atom. The van der Waals surface area contributed by atoms with Crippen molar-refractivity contribution in [2.45, 2.75) is 49.9 Å². The first-order valence-electron chi connectivity index (χ1n) is 10.7. The highest BCUT2D eigenvalue weighted by Gasteiger charge is 2.42. The predicted octanol–water partition coefficient (Wildman–Crippen LogP) is 4.12. The van der Waals surface area contributed by atoms with Crippen LogP contribution in [0.15, 0.2) is 41.3 Å². The molecule has 2 atom stereocenters. The Kier molecular flexibility index (Phi) is 7.73. The van der Waals surface area contributed by atoms with Crippen LogP contribution in [0.3, 0.4) is 0 Å². The number of nitrogens with zero attached hydrogens (tertiary/aromatic N) is 1. The largest absolute Gasteiger partial charge is 0.444 e. The number of likely N-dealkylation sites (tertiary alicyclic amines) is 1. The van der Waals surface area contributed by atoms with E-state index >= 15 is 4.39 Å². The van der Waals surface area contributed by atoms with Gasteiger partial charge in [-0.3, -0.25) is 9.69 Å². The molecule has 2 amide bonds. The molecular weight excluding hydrogens is 504 g/mol. The molecule has 3 N–H and O–H groups in total. The van der Waals surface area contributed by atoms with Crippen LogP contribution in [0.1, 0.15) is 27.2 Å². The third kappa shape index (κ3) is 6.09. The first kappa shape index (κ1) is 26.8. The number of hydrogen-bond acceptors (Lipinski definition) is 6. The third-order valence-electron chi connectivity index (χ3n) is 5.24. The summed E-state index contributed by atoms with van der Waals surface area (Å²) in [6.07, 6.45) is -2.56. The Morgan fingerprint density at radius 3 is 2.54 bits per heavy atom. The highest BCUT2D eigenvalue weighted by Crippen LogP contribution is 2.35. The van der Waals surface area contributed by atoms with E-state index in [0.29, 0.717) is 0 Å². The van der Waals surface area contributed by atoms with E-state index < -0.39 is 51.3 Å².